The summed E-state index contributed by atoms with van der Waals surface area (Å²) >= 11 is 0. The van der Waals surface area contributed by atoms with Gasteiger partial charge in [-0.2, -0.15) is 0 Å². The number of piperidine rings is 1. The topological polar surface area (TPSA) is 3.24 Å². The van der Waals surface area contributed by atoms with E-state index in [1.165, 1.54) is 56.7 Å². The summed E-state index contributed by atoms with van der Waals surface area (Å²) < 4.78 is 0. The molecular weight excluding hydrogens is 222 g/mol. The first kappa shape index (κ1) is 15.5. The highest BCUT2D eigenvalue weighted by molar-refractivity contribution is 6.79. The molecule has 0 aromatic carbocycles. The Hall–Kier alpha value is 0.467. The van der Waals surface area contributed by atoms with Crippen LogP contribution < -0.4 is 0 Å². The summed E-state index contributed by atoms with van der Waals surface area (Å²) in [7, 11) is -0.879. The lowest BCUT2D eigenvalue weighted by Gasteiger charge is -2.36. The smallest absolute Gasteiger partial charge is 0.0682 e. The van der Waals surface area contributed by atoms with Crippen LogP contribution in [0, 0.1) is 0 Å². The maximum absolute atomic E-state index is 2.76. The van der Waals surface area contributed by atoms with Crippen LogP contribution >= 0.6 is 12.4 Å². The first-order chi connectivity index (χ1) is 6.76. The quantitative estimate of drug-likeness (QED) is 0.668. The molecule has 1 fully saturated rings. The Morgan fingerprint density at radius 2 is 1.33 bits per heavy atom. The molecule has 0 aromatic heterocycles. The van der Waals surface area contributed by atoms with Gasteiger partial charge in [0.15, 0.2) is 0 Å². The van der Waals surface area contributed by atoms with E-state index < -0.39 is 8.07 Å². The van der Waals surface area contributed by atoms with Gasteiger partial charge in [0.05, 0.1) is 8.07 Å². The third-order valence-corrected chi connectivity index (χ3v) is 9.88. The second-order valence-corrected chi connectivity index (χ2v) is 10.3. The summed E-state index contributed by atoms with van der Waals surface area (Å²) in [5.74, 6) is 0. The average molecular weight is 250 g/mol. The second kappa shape index (κ2) is 7.69. The van der Waals surface area contributed by atoms with Crippen LogP contribution in [0.2, 0.25) is 18.1 Å². The highest BCUT2D eigenvalue weighted by atomic mass is 35.5. The van der Waals surface area contributed by atoms with Crippen LogP contribution in [0.1, 0.15) is 40.0 Å². The molecule has 1 rings (SSSR count). The molecular formula is C12H28ClNSi. The fourth-order valence-corrected chi connectivity index (χ4v) is 6.11. The molecule has 15 heavy (non-hydrogen) atoms. The molecule has 1 heterocycles. The average Bonchev–Trinajstić information content (AvgIpc) is 2.28. The molecule has 0 unspecified atom stereocenters. The largest absolute Gasteiger partial charge is 0.306 e. The van der Waals surface area contributed by atoms with Gasteiger partial charge in [-0.1, -0.05) is 45.3 Å². The minimum Gasteiger partial charge on any atom is -0.306 e. The van der Waals surface area contributed by atoms with Crippen molar-refractivity contribution in [3.8, 4) is 0 Å². The van der Waals surface area contributed by atoms with E-state index in [-0.39, 0.29) is 12.4 Å². The van der Waals surface area contributed by atoms with E-state index in [9.17, 15) is 0 Å². The van der Waals surface area contributed by atoms with Gasteiger partial charge in [-0.3, -0.25) is 0 Å². The van der Waals surface area contributed by atoms with Gasteiger partial charge in [-0.05, 0) is 32.1 Å². The van der Waals surface area contributed by atoms with Gasteiger partial charge in [0.1, 0.15) is 0 Å². The summed E-state index contributed by atoms with van der Waals surface area (Å²) in [5, 5.41) is 0. The van der Waals surface area contributed by atoms with Crippen molar-refractivity contribution < 1.29 is 0 Å². The summed E-state index contributed by atoms with van der Waals surface area (Å²) in [6.07, 6.45) is 5.84. The van der Waals surface area contributed by atoms with Crippen molar-refractivity contribution in [1.29, 1.82) is 0 Å². The van der Waals surface area contributed by atoms with Crippen molar-refractivity contribution in [3.05, 3.63) is 0 Å². The molecule has 0 radical (unpaired) electrons. The fourth-order valence-electron chi connectivity index (χ4n) is 2.68. The summed E-state index contributed by atoms with van der Waals surface area (Å²) in [5.41, 5.74) is 0. The molecule has 1 aliphatic rings. The Kier molecular flexibility index (Phi) is 7.93. The van der Waals surface area contributed by atoms with Gasteiger partial charge in [0.2, 0.25) is 0 Å². The van der Waals surface area contributed by atoms with Crippen molar-refractivity contribution in [2.45, 2.75) is 58.2 Å². The predicted molar refractivity (Wildman–Crippen MR) is 74.7 cm³/mol. The van der Waals surface area contributed by atoms with Gasteiger partial charge < -0.3 is 4.90 Å². The summed E-state index contributed by atoms with van der Waals surface area (Å²) in [6, 6.07) is 4.45. The predicted octanol–water partition coefficient (Wildman–Crippen LogP) is 3.94. The van der Waals surface area contributed by atoms with Crippen LogP contribution in [-0.2, 0) is 0 Å². The van der Waals surface area contributed by atoms with Crippen LogP contribution in [0.3, 0.4) is 0 Å². The summed E-state index contributed by atoms with van der Waals surface area (Å²) in [4.78, 5) is 2.76. The van der Waals surface area contributed by atoms with E-state index in [1.807, 2.05) is 0 Å². The van der Waals surface area contributed by atoms with E-state index in [2.05, 4.69) is 25.7 Å². The van der Waals surface area contributed by atoms with E-state index in [0.717, 1.165) is 0 Å². The second-order valence-electron chi connectivity index (χ2n) is 4.90. The molecule has 92 valence electrons. The zero-order valence-electron chi connectivity index (χ0n) is 10.7. The van der Waals surface area contributed by atoms with E-state index in [1.54, 1.807) is 0 Å². The van der Waals surface area contributed by atoms with Crippen molar-refractivity contribution in [2.24, 2.45) is 0 Å². The SMILES string of the molecule is CC[Si](CC)(CC)CN1CCCCC1.Cl. The number of nitrogens with zero attached hydrogens (tertiary/aromatic N) is 1. The first-order valence-electron chi connectivity index (χ1n) is 6.48. The molecule has 1 saturated heterocycles. The maximum Gasteiger partial charge on any atom is 0.0682 e. The Balaban J connectivity index is 0.00000196. The van der Waals surface area contributed by atoms with Crippen LogP contribution in [0.25, 0.3) is 0 Å². The van der Waals surface area contributed by atoms with E-state index >= 15 is 0 Å². The number of hydrogen-bond acceptors (Lipinski definition) is 1. The minimum atomic E-state index is -0.879. The van der Waals surface area contributed by atoms with Gasteiger partial charge >= 0.3 is 0 Å². The van der Waals surface area contributed by atoms with Crippen LogP contribution in [0.4, 0.5) is 0 Å². The van der Waals surface area contributed by atoms with Gasteiger partial charge in [0, 0.05) is 0 Å². The number of halogens is 1. The molecule has 1 nitrogen and oxygen atoms in total. The zero-order valence-corrected chi connectivity index (χ0v) is 12.5. The molecule has 0 spiro atoms. The molecule has 0 aliphatic carbocycles. The normalized spacial score (nSPS) is 18.6. The Labute approximate surface area is 103 Å². The molecule has 0 amide bonds. The molecule has 0 saturated carbocycles. The van der Waals surface area contributed by atoms with Crippen molar-refractivity contribution >= 4 is 20.5 Å². The van der Waals surface area contributed by atoms with E-state index in [4.69, 9.17) is 0 Å². The molecule has 0 atom stereocenters. The monoisotopic (exact) mass is 249 g/mol. The summed E-state index contributed by atoms with van der Waals surface area (Å²) in [6.45, 7) is 10.0. The zero-order chi connectivity index (χ0) is 10.4. The standard InChI is InChI=1S/C12H27NSi.ClH/c1-4-14(5-2,6-3)12-13-10-8-7-9-11-13;/h4-12H2,1-3H3;1H. The maximum atomic E-state index is 2.76. The number of hydrogen-bond donors (Lipinski definition) is 0. The van der Waals surface area contributed by atoms with Crippen LogP contribution in [0.15, 0.2) is 0 Å². The lowest BCUT2D eigenvalue weighted by Crippen LogP contribution is -2.47. The fraction of sp³-hybridized carbons (Fsp3) is 1.00. The van der Waals surface area contributed by atoms with Gasteiger partial charge in [0.25, 0.3) is 0 Å². The highest BCUT2D eigenvalue weighted by Gasteiger charge is 2.29. The molecule has 0 bridgehead atoms. The minimum absolute atomic E-state index is 0. The van der Waals surface area contributed by atoms with E-state index in [0.29, 0.717) is 0 Å². The Morgan fingerprint density at radius 1 is 0.867 bits per heavy atom. The molecule has 3 heteroatoms. The first-order valence-corrected chi connectivity index (χ1v) is 9.31. The Morgan fingerprint density at radius 3 is 1.73 bits per heavy atom. The van der Waals surface area contributed by atoms with Crippen LogP contribution in [-0.4, -0.2) is 32.2 Å². The van der Waals surface area contributed by atoms with Crippen LogP contribution in [0.5, 0.6) is 0 Å². The highest BCUT2D eigenvalue weighted by Crippen LogP contribution is 2.23. The molecule has 1 aliphatic heterocycles. The third-order valence-electron chi connectivity index (χ3n) is 4.26. The van der Waals surface area contributed by atoms with Crippen molar-refractivity contribution in [3.63, 3.8) is 0 Å². The third kappa shape index (κ3) is 4.45. The van der Waals surface area contributed by atoms with Crippen molar-refractivity contribution in [1.82, 2.24) is 4.90 Å². The van der Waals surface area contributed by atoms with Gasteiger partial charge in [-0.25, -0.2) is 0 Å². The Bertz CT molecular complexity index is 145. The number of likely N-dealkylation sites (tertiary alicyclic amines) is 1. The molecule has 0 N–H and O–H groups in total. The lowest BCUT2D eigenvalue weighted by atomic mass is 10.1. The number of rotatable bonds is 5. The molecule has 0 aromatic rings. The lowest BCUT2D eigenvalue weighted by molar-refractivity contribution is 0.258. The van der Waals surface area contributed by atoms with Gasteiger partial charge in [-0.15, -0.1) is 12.4 Å². The van der Waals surface area contributed by atoms with Crippen molar-refractivity contribution in [2.75, 3.05) is 19.3 Å².